The van der Waals surface area contributed by atoms with Crippen LogP contribution >= 0.6 is 0 Å². The second-order valence-electron chi connectivity index (χ2n) is 10.8. The number of carbonyl (C=O) groups is 1. The minimum atomic E-state index is -4.48. The summed E-state index contributed by atoms with van der Waals surface area (Å²) in [4.78, 5) is 13.4. The zero-order valence-electron chi connectivity index (χ0n) is 24.6. The number of hydrogen-bond donors (Lipinski definition) is 2. The third-order valence-electron chi connectivity index (χ3n) is 7.83. The maximum atomic E-state index is 13.5. The summed E-state index contributed by atoms with van der Waals surface area (Å²) in [5.74, 6) is -3.23. The third kappa shape index (κ3) is 6.50. The highest BCUT2D eigenvalue weighted by molar-refractivity contribution is 8.09. The van der Waals surface area contributed by atoms with Crippen LogP contribution in [0.4, 0.5) is 0 Å². The lowest BCUT2D eigenvalue weighted by Gasteiger charge is -2.35. The molecular formula is C29H36N2O9S3. The van der Waals surface area contributed by atoms with E-state index in [1.54, 1.807) is 6.07 Å². The van der Waals surface area contributed by atoms with Crippen LogP contribution in [-0.2, 0) is 45.8 Å². The molecule has 0 saturated carbocycles. The zero-order chi connectivity index (χ0) is 32.4. The molecule has 1 heterocycles. The molecule has 1 unspecified atom stereocenters. The van der Waals surface area contributed by atoms with Gasteiger partial charge in [0.1, 0.15) is 5.76 Å². The standard InChI is InChI=1S/C29H36N2O9S3/c1-6-15-29(16-7-2)26(32)24(27(33)40-29)25(28(3,41(4,34)35)42(5,36)37)22-10-8-9-21(17-22)19-31-43(38,39)23-13-11-20(18-30)12-14-23/h8-14,17,25,31-32H,6-7,15-16,19H2,1-5H3. The molecule has 3 rings (SSSR count). The van der Waals surface area contributed by atoms with E-state index in [1.165, 1.54) is 42.5 Å². The lowest BCUT2D eigenvalue weighted by Crippen LogP contribution is -2.49. The van der Waals surface area contributed by atoms with E-state index in [0.29, 0.717) is 18.4 Å². The van der Waals surface area contributed by atoms with Crippen LogP contribution in [0.25, 0.3) is 0 Å². The van der Waals surface area contributed by atoms with Gasteiger partial charge in [-0.2, -0.15) is 5.26 Å². The van der Waals surface area contributed by atoms with Crippen molar-refractivity contribution in [3.63, 3.8) is 0 Å². The highest BCUT2D eigenvalue weighted by Crippen LogP contribution is 2.50. The molecule has 0 fully saturated rings. The van der Waals surface area contributed by atoms with Crippen LogP contribution in [0.2, 0.25) is 0 Å². The van der Waals surface area contributed by atoms with Gasteiger partial charge in [-0.25, -0.2) is 34.8 Å². The molecule has 2 aromatic rings. The Morgan fingerprint density at radius 3 is 2.02 bits per heavy atom. The lowest BCUT2D eigenvalue weighted by atomic mass is 9.83. The van der Waals surface area contributed by atoms with Crippen molar-refractivity contribution in [3.05, 3.63) is 76.6 Å². The summed E-state index contributed by atoms with van der Waals surface area (Å²) in [5, 5.41) is 20.5. The number of benzene rings is 2. The second-order valence-corrected chi connectivity index (χ2v) is 17.7. The molecule has 1 atom stereocenters. The molecule has 0 bridgehead atoms. The van der Waals surface area contributed by atoms with E-state index >= 15 is 0 Å². The number of sulfone groups is 2. The van der Waals surface area contributed by atoms with E-state index in [0.717, 1.165) is 19.4 Å². The number of nitrogens with one attached hydrogen (secondary N) is 1. The molecule has 14 heteroatoms. The van der Waals surface area contributed by atoms with Gasteiger partial charge < -0.3 is 9.84 Å². The number of ether oxygens (including phenoxy) is 1. The Hall–Kier alpha value is -3.25. The monoisotopic (exact) mass is 652 g/mol. The number of rotatable bonds is 13. The van der Waals surface area contributed by atoms with Crippen LogP contribution in [0.15, 0.2) is 64.8 Å². The number of hydrogen-bond acceptors (Lipinski definition) is 10. The van der Waals surface area contributed by atoms with Crippen molar-refractivity contribution in [1.82, 2.24) is 4.72 Å². The molecule has 0 radical (unpaired) electrons. The summed E-state index contributed by atoms with van der Waals surface area (Å²) in [5.41, 5.74) is -1.24. The predicted octanol–water partition coefficient (Wildman–Crippen LogP) is 3.63. The fourth-order valence-electron chi connectivity index (χ4n) is 5.44. The van der Waals surface area contributed by atoms with Gasteiger partial charge >= 0.3 is 5.97 Å². The van der Waals surface area contributed by atoms with Crippen LogP contribution in [0.3, 0.4) is 0 Å². The first kappa shape index (κ1) is 34.2. The van der Waals surface area contributed by atoms with Gasteiger partial charge in [-0.15, -0.1) is 0 Å². The van der Waals surface area contributed by atoms with Gasteiger partial charge in [-0.05, 0) is 55.2 Å². The summed E-state index contributed by atoms with van der Waals surface area (Å²) in [6, 6.07) is 13.0. The van der Waals surface area contributed by atoms with Crippen molar-refractivity contribution in [2.24, 2.45) is 0 Å². The summed E-state index contributed by atoms with van der Waals surface area (Å²) >= 11 is 0. The number of nitriles is 1. The molecule has 0 aliphatic carbocycles. The Kier molecular flexibility index (Phi) is 9.87. The van der Waals surface area contributed by atoms with Crippen molar-refractivity contribution in [2.75, 3.05) is 12.5 Å². The molecule has 2 aromatic carbocycles. The molecular weight excluding hydrogens is 617 g/mol. The van der Waals surface area contributed by atoms with Crippen molar-refractivity contribution in [3.8, 4) is 6.07 Å². The van der Waals surface area contributed by atoms with Crippen molar-refractivity contribution in [2.45, 2.75) is 73.5 Å². The van der Waals surface area contributed by atoms with Crippen LogP contribution in [0.5, 0.6) is 0 Å². The van der Waals surface area contributed by atoms with Gasteiger partial charge in [0.15, 0.2) is 29.4 Å². The Morgan fingerprint density at radius 2 is 1.53 bits per heavy atom. The molecule has 1 aliphatic heterocycles. The molecule has 0 aromatic heterocycles. The quantitative estimate of drug-likeness (QED) is 0.303. The van der Waals surface area contributed by atoms with Gasteiger partial charge in [0.2, 0.25) is 10.0 Å². The number of cyclic esters (lactones) is 1. The molecule has 0 amide bonds. The summed E-state index contributed by atoms with van der Waals surface area (Å²) < 4.78 is 84.5. The number of aliphatic hydroxyl groups excluding tert-OH is 1. The predicted molar refractivity (Wildman–Crippen MR) is 161 cm³/mol. The normalized spacial score (nSPS) is 16.5. The molecule has 43 heavy (non-hydrogen) atoms. The van der Waals surface area contributed by atoms with E-state index in [4.69, 9.17) is 10.00 Å². The fraction of sp³-hybridized carbons (Fsp3) is 0.448. The van der Waals surface area contributed by atoms with E-state index in [-0.39, 0.29) is 35.4 Å². The number of aliphatic hydroxyl groups is 1. The van der Waals surface area contributed by atoms with E-state index < -0.39 is 62.6 Å². The fourth-order valence-corrected chi connectivity index (χ4v) is 10.0. The SMILES string of the molecule is CCCC1(CCC)OC(=O)C(C(c2cccc(CNS(=O)(=O)c3ccc(C#N)cc3)c2)C(C)(S(C)(=O)=O)S(C)(=O)=O)=C1O. The minimum absolute atomic E-state index is 0.0516. The van der Waals surface area contributed by atoms with Crippen molar-refractivity contribution in [1.29, 1.82) is 5.26 Å². The highest BCUT2D eigenvalue weighted by atomic mass is 32.3. The summed E-state index contributed by atoms with van der Waals surface area (Å²) in [6.45, 7) is 4.37. The Morgan fingerprint density at radius 1 is 0.977 bits per heavy atom. The molecule has 2 N–H and O–H groups in total. The highest BCUT2D eigenvalue weighted by Gasteiger charge is 2.60. The Labute approximate surface area is 253 Å². The van der Waals surface area contributed by atoms with Crippen molar-refractivity contribution < 1.29 is 39.9 Å². The maximum Gasteiger partial charge on any atom is 0.339 e. The van der Waals surface area contributed by atoms with Crippen molar-refractivity contribution >= 4 is 35.7 Å². The third-order valence-corrected chi connectivity index (χ3v) is 14.5. The summed E-state index contributed by atoms with van der Waals surface area (Å²) in [7, 11) is -13.0. The first-order valence-electron chi connectivity index (χ1n) is 13.5. The molecule has 0 saturated heterocycles. The second kappa shape index (κ2) is 12.4. The van der Waals surface area contributed by atoms with Gasteiger partial charge in [0, 0.05) is 19.1 Å². The topological polar surface area (TPSA) is 185 Å². The van der Waals surface area contributed by atoms with Gasteiger partial charge in [0.05, 0.1) is 28.0 Å². The number of esters is 1. The van der Waals surface area contributed by atoms with E-state index in [1.807, 2.05) is 19.9 Å². The van der Waals surface area contributed by atoms with Gasteiger partial charge in [-0.3, -0.25) is 0 Å². The average Bonchev–Trinajstić information content (AvgIpc) is 3.16. The smallest absolute Gasteiger partial charge is 0.339 e. The van der Waals surface area contributed by atoms with Crippen LogP contribution in [0.1, 0.15) is 69.1 Å². The van der Waals surface area contributed by atoms with E-state index in [9.17, 15) is 35.2 Å². The van der Waals surface area contributed by atoms with Gasteiger partial charge in [0.25, 0.3) is 0 Å². The molecule has 1 aliphatic rings. The molecule has 0 spiro atoms. The number of sulfonamides is 1. The number of carbonyl (C=O) groups excluding carboxylic acids is 1. The largest absolute Gasteiger partial charge is 0.507 e. The van der Waals surface area contributed by atoms with E-state index in [2.05, 4.69) is 4.72 Å². The minimum Gasteiger partial charge on any atom is -0.507 e. The maximum absolute atomic E-state index is 13.5. The first-order valence-corrected chi connectivity index (χ1v) is 18.8. The van der Waals surface area contributed by atoms with Crippen LogP contribution in [-0.4, -0.2) is 58.5 Å². The molecule has 234 valence electrons. The molecule has 11 nitrogen and oxygen atoms in total. The zero-order valence-corrected chi connectivity index (χ0v) is 27.1. The number of nitrogens with zero attached hydrogens (tertiary/aromatic N) is 1. The Balaban J connectivity index is 2.21. The van der Waals surface area contributed by atoms with Gasteiger partial charge in [-0.1, -0.05) is 51.0 Å². The van der Waals surface area contributed by atoms with Crippen LogP contribution < -0.4 is 4.72 Å². The van der Waals surface area contributed by atoms with Crippen LogP contribution in [0, 0.1) is 11.3 Å². The Bertz CT molecular complexity index is 1750. The lowest BCUT2D eigenvalue weighted by molar-refractivity contribution is -0.149. The first-order chi connectivity index (χ1) is 19.9. The summed E-state index contributed by atoms with van der Waals surface area (Å²) in [6.07, 6.45) is 3.00. The average molecular weight is 653 g/mol.